The minimum atomic E-state index is -1.33. The molecule has 0 radical (unpaired) electrons. The number of hydrogen-bond donors (Lipinski definition) is 5. The quantitative estimate of drug-likeness (QED) is 0.0805. The Morgan fingerprint density at radius 1 is 1.32 bits per heavy atom. The van der Waals surface area contributed by atoms with Crippen molar-refractivity contribution in [2.45, 2.75) is 36.3 Å². The molecule has 4 aliphatic heterocycles. The summed E-state index contributed by atoms with van der Waals surface area (Å²) in [4.78, 5) is 71.8. The van der Waals surface area contributed by atoms with Crippen molar-refractivity contribution < 1.29 is 34.3 Å². The topological polar surface area (TPSA) is 211 Å². The summed E-state index contributed by atoms with van der Waals surface area (Å²) in [5.41, 5.74) is 5.70. The molecule has 0 spiro atoms. The van der Waals surface area contributed by atoms with Gasteiger partial charge in [0.25, 0.3) is 11.8 Å². The van der Waals surface area contributed by atoms with Crippen LogP contribution in [0.25, 0.3) is 0 Å². The normalized spacial score (nSPS) is 27.3. The van der Waals surface area contributed by atoms with Gasteiger partial charge < -0.3 is 36.5 Å². The summed E-state index contributed by atoms with van der Waals surface area (Å²) in [7, 11) is 3.36. The van der Waals surface area contributed by atoms with Crippen molar-refractivity contribution in [3.63, 3.8) is 0 Å². The van der Waals surface area contributed by atoms with Gasteiger partial charge in [-0.2, -0.15) is 0 Å². The fourth-order valence-corrected chi connectivity index (χ4v) is 7.21. The van der Waals surface area contributed by atoms with Gasteiger partial charge in [0.1, 0.15) is 22.8 Å². The fraction of sp³-hybridized carbons (Fsp3) is 0.458. The first kappa shape index (κ1) is 28.6. The van der Waals surface area contributed by atoms with Crippen molar-refractivity contribution >= 4 is 63.5 Å². The molecule has 5 heterocycles. The number of thioether (sulfide) groups is 1. The number of β-lactam (4-membered cyclic amide) rings is 1. The molecule has 3 fully saturated rings. The van der Waals surface area contributed by atoms with Gasteiger partial charge in [-0.25, -0.2) is 9.78 Å². The number of fused-ring (bicyclic) bond motifs is 1. The van der Waals surface area contributed by atoms with E-state index in [-0.39, 0.29) is 46.2 Å². The Labute approximate surface area is 242 Å². The van der Waals surface area contributed by atoms with Gasteiger partial charge in [0.2, 0.25) is 11.8 Å². The lowest BCUT2D eigenvalue weighted by molar-refractivity contribution is -0.150. The molecule has 3 saturated heterocycles. The van der Waals surface area contributed by atoms with Crippen LogP contribution >= 0.6 is 23.1 Å². The van der Waals surface area contributed by atoms with E-state index in [1.54, 1.807) is 25.1 Å². The van der Waals surface area contributed by atoms with Crippen molar-refractivity contribution in [1.29, 1.82) is 0 Å². The van der Waals surface area contributed by atoms with Gasteiger partial charge in [-0.15, -0.1) is 23.1 Å². The smallest absolute Gasteiger partial charge is 0.352 e. The Morgan fingerprint density at radius 2 is 2.07 bits per heavy atom. The molecule has 0 saturated carbocycles. The van der Waals surface area contributed by atoms with E-state index < -0.39 is 34.9 Å². The van der Waals surface area contributed by atoms with Gasteiger partial charge in [0.15, 0.2) is 10.8 Å². The molecule has 0 aliphatic carbocycles. The third-order valence-electron chi connectivity index (χ3n) is 7.36. The van der Waals surface area contributed by atoms with E-state index in [0.29, 0.717) is 37.1 Å². The van der Waals surface area contributed by atoms with E-state index >= 15 is 0 Å². The van der Waals surface area contributed by atoms with Crippen LogP contribution in [-0.2, 0) is 24.0 Å². The molecule has 17 heteroatoms. The maximum absolute atomic E-state index is 13.2. The van der Waals surface area contributed by atoms with Crippen LogP contribution in [0.5, 0.6) is 0 Å². The molecule has 5 rings (SSSR count). The Kier molecular flexibility index (Phi) is 7.76. The number of thiazole rings is 1. The standard InChI is InChI=1S/C24H28N8O7S2/c1-30(2)20(35)13-6-12(7-26-13)31-4-3-10(19(31)34)5-11-8-40-22-16(21(36)32(22)17(11)23(37)38)28-18(33)15(29-39)14-9-41-24(25)27-14/h5,9,12-13,16,22,26,39H,3-4,6-8H2,1-2H3,(H2,25,27)(H,28,33)(H,37,38)/b10-5+,29-15-/t12-,13-,16+,22+/m0/s1. The Hall–Kier alpha value is -3.96. The number of rotatable bonds is 7. The lowest BCUT2D eigenvalue weighted by Gasteiger charge is -2.49. The number of allylic oxidation sites excluding steroid dienone is 1. The van der Waals surface area contributed by atoms with E-state index in [0.717, 1.165) is 16.2 Å². The Morgan fingerprint density at radius 3 is 2.71 bits per heavy atom. The summed E-state index contributed by atoms with van der Waals surface area (Å²) in [6, 6.07) is -1.58. The number of aliphatic carboxylic acids is 1. The van der Waals surface area contributed by atoms with Gasteiger partial charge in [0, 0.05) is 49.9 Å². The number of oxime groups is 1. The first-order valence-electron chi connectivity index (χ1n) is 12.6. The number of carbonyl (C=O) groups excluding carboxylic acids is 4. The van der Waals surface area contributed by atoms with E-state index in [4.69, 9.17) is 5.73 Å². The molecule has 0 unspecified atom stereocenters. The van der Waals surface area contributed by atoms with Crippen LogP contribution in [0.2, 0.25) is 0 Å². The molecule has 4 atom stereocenters. The number of likely N-dealkylation sites (tertiary alicyclic amines) is 1. The number of carbonyl (C=O) groups is 5. The summed E-state index contributed by atoms with van der Waals surface area (Å²) in [5.74, 6) is -2.93. The van der Waals surface area contributed by atoms with Crippen molar-refractivity contribution in [1.82, 2.24) is 30.3 Å². The number of hydrogen-bond acceptors (Lipinski definition) is 12. The predicted octanol–water partition coefficient (Wildman–Crippen LogP) is -1.38. The van der Waals surface area contributed by atoms with Crippen LogP contribution in [0.4, 0.5) is 5.13 Å². The second-order valence-corrected chi connectivity index (χ2v) is 12.1. The largest absolute Gasteiger partial charge is 0.477 e. The summed E-state index contributed by atoms with van der Waals surface area (Å²) < 4.78 is 0. The molecule has 6 N–H and O–H groups in total. The maximum Gasteiger partial charge on any atom is 0.352 e. The lowest BCUT2D eigenvalue weighted by atomic mass is 10.0. The minimum Gasteiger partial charge on any atom is -0.477 e. The number of aromatic nitrogens is 1. The van der Waals surface area contributed by atoms with Crippen LogP contribution in [0, 0.1) is 0 Å². The highest BCUT2D eigenvalue weighted by Crippen LogP contribution is 2.41. The van der Waals surface area contributed by atoms with E-state index in [9.17, 15) is 34.3 Å². The van der Waals surface area contributed by atoms with Crippen LogP contribution in [0.15, 0.2) is 33.5 Å². The lowest BCUT2D eigenvalue weighted by Crippen LogP contribution is -2.71. The van der Waals surface area contributed by atoms with Gasteiger partial charge in [-0.1, -0.05) is 5.16 Å². The third-order valence-corrected chi connectivity index (χ3v) is 9.34. The molecular formula is C24H28N8O7S2. The molecule has 218 valence electrons. The number of carboxylic acid groups (broad SMARTS) is 1. The van der Waals surface area contributed by atoms with E-state index in [1.807, 2.05) is 0 Å². The molecule has 1 aromatic heterocycles. The second-order valence-electron chi connectivity index (χ2n) is 10.1. The highest BCUT2D eigenvalue weighted by atomic mass is 32.2. The molecular weight excluding hydrogens is 576 g/mol. The molecule has 4 aliphatic rings. The molecule has 1 aromatic rings. The summed E-state index contributed by atoms with van der Waals surface area (Å²) in [6.07, 6.45) is 2.44. The molecule has 0 aromatic carbocycles. The van der Waals surface area contributed by atoms with Crippen molar-refractivity contribution in [2.75, 3.05) is 38.7 Å². The highest BCUT2D eigenvalue weighted by Gasteiger charge is 2.54. The number of nitrogens with zero attached hydrogens (tertiary/aromatic N) is 5. The molecule has 4 amide bonds. The summed E-state index contributed by atoms with van der Waals surface area (Å²) >= 11 is 2.29. The monoisotopic (exact) mass is 604 g/mol. The first-order valence-corrected chi connectivity index (χ1v) is 14.6. The number of nitrogens with two attached hydrogens (primary N) is 1. The predicted molar refractivity (Wildman–Crippen MR) is 148 cm³/mol. The van der Waals surface area contributed by atoms with E-state index in [1.165, 1.54) is 22.0 Å². The fourth-order valence-electron chi connectivity index (χ4n) is 5.35. The summed E-state index contributed by atoms with van der Waals surface area (Å²) in [6.45, 7) is 0.930. The van der Waals surface area contributed by atoms with Crippen molar-refractivity contribution in [3.05, 3.63) is 34.0 Å². The molecule has 0 bridgehead atoms. The molecule has 15 nitrogen and oxygen atoms in total. The third kappa shape index (κ3) is 5.15. The van der Waals surface area contributed by atoms with Crippen molar-refractivity contribution in [3.8, 4) is 0 Å². The Bertz CT molecular complexity index is 1420. The average molecular weight is 605 g/mol. The zero-order valence-electron chi connectivity index (χ0n) is 22.1. The minimum absolute atomic E-state index is 0.0379. The number of amides is 4. The first-order chi connectivity index (χ1) is 19.5. The van der Waals surface area contributed by atoms with Crippen LogP contribution in [0.1, 0.15) is 18.5 Å². The van der Waals surface area contributed by atoms with Gasteiger partial charge >= 0.3 is 5.97 Å². The Balaban J connectivity index is 1.29. The summed E-state index contributed by atoms with van der Waals surface area (Å²) in [5, 5.41) is 28.8. The van der Waals surface area contributed by atoms with E-state index in [2.05, 4.69) is 20.8 Å². The number of likely N-dealkylation sites (N-methyl/N-ethyl adjacent to an activating group) is 1. The van der Waals surface area contributed by atoms with Crippen molar-refractivity contribution in [2.24, 2.45) is 5.16 Å². The zero-order valence-corrected chi connectivity index (χ0v) is 23.7. The number of nitrogen functional groups attached to an aromatic ring is 1. The molecule has 41 heavy (non-hydrogen) atoms. The van der Waals surface area contributed by atoms with Crippen LogP contribution < -0.4 is 16.4 Å². The van der Waals surface area contributed by atoms with Crippen LogP contribution in [0.3, 0.4) is 0 Å². The second kappa shape index (κ2) is 11.1. The maximum atomic E-state index is 13.2. The van der Waals surface area contributed by atoms with Crippen LogP contribution in [-0.4, -0.2) is 122 Å². The van der Waals surface area contributed by atoms with Gasteiger partial charge in [-0.05, 0) is 24.5 Å². The SMILES string of the molecule is CN(C)C(=O)[C@@H]1C[C@H](N2CC/C(=C\C3=C(C(=O)O)N4C(=O)[C@@H](NC(=O)/C(=N\O)c5csc(N)n5)[C@H]4SC3)C2=O)CN1. The number of nitrogens with one attached hydrogen (secondary N) is 2. The zero-order chi connectivity index (χ0) is 29.6. The number of carboxylic acids is 1. The van der Waals surface area contributed by atoms with Gasteiger partial charge in [-0.3, -0.25) is 24.1 Å². The average Bonchev–Trinajstić information content (AvgIpc) is 3.67. The number of anilines is 1. The highest BCUT2D eigenvalue weighted by molar-refractivity contribution is 8.00. The van der Waals surface area contributed by atoms with Gasteiger partial charge in [0.05, 0.1) is 6.04 Å².